The second-order valence-corrected chi connectivity index (χ2v) is 9.50. The van der Waals surface area contributed by atoms with Gasteiger partial charge in [0.25, 0.3) is 0 Å². The second-order valence-electron chi connectivity index (χ2n) is 9.50. The Morgan fingerprint density at radius 1 is 0.812 bits per heavy atom. The van der Waals surface area contributed by atoms with Crippen LogP contribution in [0.1, 0.15) is 88.7 Å². The summed E-state index contributed by atoms with van der Waals surface area (Å²) in [5.74, 6) is -0.400. The van der Waals surface area contributed by atoms with Crippen molar-refractivity contribution >= 4 is 11.9 Å². The highest BCUT2D eigenvalue weighted by Gasteiger charge is 2.27. The maximum absolute atomic E-state index is 13.0. The molecule has 2 aliphatic rings. The molecule has 32 heavy (non-hydrogen) atoms. The minimum Gasteiger partial charge on any atom is -0.460 e. The molecular formula is C26H36F2O4. The molecule has 0 heterocycles. The van der Waals surface area contributed by atoms with Gasteiger partial charge in [-0.1, -0.05) is 24.3 Å². The van der Waals surface area contributed by atoms with Crippen LogP contribution in [0.3, 0.4) is 0 Å². The number of carbonyl (C=O) groups is 2. The Labute approximate surface area is 190 Å². The van der Waals surface area contributed by atoms with E-state index in [1.165, 1.54) is 25.0 Å². The number of aryl methyl sites for hydroxylation is 1. The van der Waals surface area contributed by atoms with Gasteiger partial charge in [0.2, 0.25) is 0 Å². The van der Waals surface area contributed by atoms with Crippen LogP contribution in [-0.4, -0.2) is 36.5 Å². The average molecular weight is 451 g/mol. The van der Waals surface area contributed by atoms with E-state index in [9.17, 15) is 18.4 Å². The number of hydrogen-bond acceptors (Lipinski definition) is 4. The van der Waals surface area contributed by atoms with Gasteiger partial charge in [-0.15, -0.1) is 0 Å². The van der Waals surface area contributed by atoms with Crippen molar-refractivity contribution in [2.24, 2.45) is 5.92 Å². The zero-order valence-corrected chi connectivity index (χ0v) is 19.2. The molecule has 2 fully saturated rings. The Kier molecular flexibility index (Phi) is 9.06. The quantitative estimate of drug-likeness (QED) is 0.456. The number of carbonyl (C=O) groups excluding carboxylic acids is 2. The van der Waals surface area contributed by atoms with Crippen LogP contribution in [0.4, 0.5) is 8.78 Å². The van der Waals surface area contributed by atoms with Crippen LogP contribution >= 0.6 is 0 Å². The molecule has 1 aromatic rings. The normalized spacial score (nSPS) is 27.9. The van der Waals surface area contributed by atoms with Gasteiger partial charge in [-0.25, -0.2) is 18.4 Å². The van der Waals surface area contributed by atoms with Crippen molar-refractivity contribution in [3.63, 3.8) is 0 Å². The lowest BCUT2D eigenvalue weighted by atomic mass is 9.81. The topological polar surface area (TPSA) is 52.6 Å². The fourth-order valence-electron chi connectivity index (χ4n) is 4.90. The highest BCUT2D eigenvalue weighted by molar-refractivity contribution is 5.74. The molecule has 0 radical (unpaired) electrons. The first-order chi connectivity index (χ1) is 15.3. The van der Waals surface area contributed by atoms with Crippen LogP contribution in [-0.2, 0) is 25.5 Å². The summed E-state index contributed by atoms with van der Waals surface area (Å²) in [4.78, 5) is 22.8. The van der Waals surface area contributed by atoms with E-state index in [1.807, 2.05) is 0 Å². The Bertz CT molecular complexity index is 731. The van der Waals surface area contributed by atoms with Crippen molar-refractivity contribution in [3.8, 4) is 0 Å². The molecule has 0 N–H and O–H groups in total. The lowest BCUT2D eigenvalue weighted by Crippen LogP contribution is -2.27. The third kappa shape index (κ3) is 7.28. The maximum Gasteiger partial charge on any atom is 0.340 e. The maximum atomic E-state index is 13.0. The minimum absolute atomic E-state index is 0.129. The summed E-state index contributed by atoms with van der Waals surface area (Å²) < 4.78 is 36.4. The van der Waals surface area contributed by atoms with Gasteiger partial charge >= 0.3 is 11.9 Å². The monoisotopic (exact) mass is 450 g/mol. The van der Waals surface area contributed by atoms with Crippen LogP contribution in [0.5, 0.6) is 0 Å². The Morgan fingerprint density at radius 3 is 1.75 bits per heavy atom. The lowest BCUT2D eigenvalue weighted by Gasteiger charge is -2.29. The molecule has 0 aromatic heterocycles. The molecule has 2 atom stereocenters. The molecule has 2 saturated carbocycles. The first-order valence-corrected chi connectivity index (χ1v) is 12.1. The average Bonchev–Trinajstić information content (AvgIpc) is 2.79. The Morgan fingerprint density at radius 2 is 1.28 bits per heavy atom. The molecule has 0 unspecified atom stereocenters. The number of hydrogen-bond donors (Lipinski definition) is 0. The molecule has 1 aromatic carbocycles. The van der Waals surface area contributed by atoms with Crippen molar-refractivity contribution in [2.45, 2.75) is 109 Å². The van der Waals surface area contributed by atoms with Gasteiger partial charge in [0.15, 0.2) is 12.3 Å². The SMILES string of the molecule is C[C@H](F)C(=O)OC1CCC(CCc2ccc(C3CCC(OC(=O)[C@H](C)F)CC3)cc2)CC1. The highest BCUT2D eigenvalue weighted by Crippen LogP contribution is 2.35. The largest absolute Gasteiger partial charge is 0.460 e. The van der Waals surface area contributed by atoms with Gasteiger partial charge in [-0.05, 0) is 101 Å². The molecule has 0 saturated heterocycles. The number of ether oxygens (including phenoxy) is 2. The van der Waals surface area contributed by atoms with Crippen molar-refractivity contribution in [3.05, 3.63) is 35.4 Å². The summed E-state index contributed by atoms with van der Waals surface area (Å²) in [6.07, 6.45) is 5.91. The zero-order chi connectivity index (χ0) is 23.1. The van der Waals surface area contributed by atoms with E-state index in [1.54, 1.807) is 0 Å². The van der Waals surface area contributed by atoms with E-state index in [0.717, 1.165) is 64.2 Å². The van der Waals surface area contributed by atoms with Crippen molar-refractivity contribution < 1.29 is 27.8 Å². The number of alkyl halides is 2. The molecule has 178 valence electrons. The summed E-state index contributed by atoms with van der Waals surface area (Å²) in [6.45, 7) is 2.43. The predicted octanol–water partition coefficient (Wildman–Crippen LogP) is 6.01. The van der Waals surface area contributed by atoms with Crippen molar-refractivity contribution in [1.82, 2.24) is 0 Å². The standard InChI is InChI=1S/C26H36F2O4/c1-17(27)25(29)31-23-13-7-20(8-14-23)4-3-19-5-9-21(10-6-19)22-11-15-24(16-12-22)32-26(30)18(2)28/h5-6,9-10,17-18,20,22-24H,3-4,7-8,11-16H2,1-2H3/t17-,18-,20?,22?,23?,24?/m0/s1. The first kappa shape index (κ1) is 24.7. The van der Waals surface area contributed by atoms with Gasteiger partial charge in [0.1, 0.15) is 12.2 Å². The van der Waals surface area contributed by atoms with Crippen molar-refractivity contribution in [2.75, 3.05) is 0 Å². The molecular weight excluding hydrogens is 414 g/mol. The van der Waals surface area contributed by atoms with E-state index >= 15 is 0 Å². The summed E-state index contributed by atoms with van der Waals surface area (Å²) in [5.41, 5.74) is 2.65. The molecule has 0 aliphatic heterocycles. The van der Waals surface area contributed by atoms with Crippen LogP contribution in [0.2, 0.25) is 0 Å². The molecule has 0 bridgehead atoms. The van der Waals surface area contributed by atoms with Gasteiger partial charge in [0.05, 0.1) is 0 Å². The molecule has 0 spiro atoms. The number of halogens is 2. The Hall–Kier alpha value is -1.98. The number of rotatable bonds is 8. The van der Waals surface area contributed by atoms with E-state index in [-0.39, 0.29) is 12.2 Å². The fourth-order valence-corrected chi connectivity index (χ4v) is 4.90. The number of benzene rings is 1. The number of esters is 2. The summed E-state index contributed by atoms with van der Waals surface area (Å²) >= 11 is 0. The van der Waals surface area contributed by atoms with Gasteiger partial charge in [-0.2, -0.15) is 0 Å². The third-order valence-corrected chi connectivity index (χ3v) is 6.98. The summed E-state index contributed by atoms with van der Waals surface area (Å²) in [6, 6.07) is 8.85. The summed E-state index contributed by atoms with van der Waals surface area (Å²) in [7, 11) is 0. The smallest absolute Gasteiger partial charge is 0.340 e. The Balaban J connectivity index is 1.37. The van der Waals surface area contributed by atoms with Crippen LogP contribution in [0, 0.1) is 5.92 Å². The van der Waals surface area contributed by atoms with Gasteiger partial charge in [0, 0.05) is 0 Å². The minimum atomic E-state index is -1.56. The van der Waals surface area contributed by atoms with E-state index in [4.69, 9.17) is 9.47 Å². The molecule has 4 nitrogen and oxygen atoms in total. The van der Waals surface area contributed by atoms with Crippen LogP contribution in [0.25, 0.3) is 0 Å². The van der Waals surface area contributed by atoms with E-state index < -0.39 is 24.3 Å². The molecule has 0 amide bonds. The fraction of sp³-hybridized carbons (Fsp3) is 0.692. The third-order valence-electron chi connectivity index (χ3n) is 6.98. The molecule has 3 rings (SSSR count). The zero-order valence-electron chi connectivity index (χ0n) is 19.2. The first-order valence-electron chi connectivity index (χ1n) is 12.1. The van der Waals surface area contributed by atoms with Crippen LogP contribution < -0.4 is 0 Å². The lowest BCUT2D eigenvalue weighted by molar-refractivity contribution is -0.157. The van der Waals surface area contributed by atoms with Crippen molar-refractivity contribution in [1.29, 1.82) is 0 Å². The molecule has 2 aliphatic carbocycles. The van der Waals surface area contributed by atoms with E-state index in [0.29, 0.717) is 11.8 Å². The van der Waals surface area contributed by atoms with E-state index in [2.05, 4.69) is 24.3 Å². The van der Waals surface area contributed by atoms with Gasteiger partial charge < -0.3 is 9.47 Å². The molecule has 6 heteroatoms. The van der Waals surface area contributed by atoms with Gasteiger partial charge in [-0.3, -0.25) is 0 Å². The second kappa shape index (κ2) is 11.8. The van der Waals surface area contributed by atoms with Crippen LogP contribution in [0.15, 0.2) is 24.3 Å². The highest BCUT2D eigenvalue weighted by atomic mass is 19.1. The summed E-state index contributed by atoms with van der Waals surface area (Å²) in [5, 5.41) is 0. The predicted molar refractivity (Wildman–Crippen MR) is 119 cm³/mol.